The molecule has 2 aromatic rings. The van der Waals surface area contributed by atoms with Crippen molar-refractivity contribution in [2.45, 2.75) is 0 Å². The Labute approximate surface area is 92.2 Å². The van der Waals surface area contributed by atoms with Crippen LogP contribution in [-0.4, -0.2) is 4.98 Å². The van der Waals surface area contributed by atoms with Gasteiger partial charge in [0.05, 0.1) is 0 Å². The molecule has 0 aliphatic carbocycles. The Bertz CT molecular complexity index is 546. The average molecular weight is 213 g/mol. The summed E-state index contributed by atoms with van der Waals surface area (Å²) < 4.78 is 12.9. The molecular formula is C12H8FN3. The van der Waals surface area contributed by atoms with Crippen molar-refractivity contribution in [2.24, 2.45) is 0 Å². The van der Waals surface area contributed by atoms with Crippen LogP contribution < -0.4 is 5.32 Å². The standard InChI is InChI=1S/C12H8FN3/c13-9-3-1-4-10(7-9)15-12-6-2-5-11(8-14)16-12/h1-7H,(H,15,16). The molecule has 0 aliphatic heterocycles. The molecule has 0 saturated carbocycles. The lowest BCUT2D eigenvalue weighted by Crippen LogP contribution is -1.94. The Morgan fingerprint density at radius 1 is 1.19 bits per heavy atom. The number of hydrogen-bond acceptors (Lipinski definition) is 3. The highest BCUT2D eigenvalue weighted by Gasteiger charge is 1.98. The molecule has 1 N–H and O–H groups in total. The number of benzene rings is 1. The van der Waals surface area contributed by atoms with E-state index in [1.165, 1.54) is 12.1 Å². The fourth-order valence-corrected chi connectivity index (χ4v) is 1.28. The number of aromatic nitrogens is 1. The summed E-state index contributed by atoms with van der Waals surface area (Å²) in [5, 5.41) is 11.6. The topological polar surface area (TPSA) is 48.7 Å². The third kappa shape index (κ3) is 2.34. The molecule has 16 heavy (non-hydrogen) atoms. The van der Waals surface area contributed by atoms with Crippen molar-refractivity contribution in [2.75, 3.05) is 5.32 Å². The van der Waals surface area contributed by atoms with Gasteiger partial charge in [0.15, 0.2) is 0 Å². The number of nitrogens with one attached hydrogen (secondary N) is 1. The highest BCUT2D eigenvalue weighted by atomic mass is 19.1. The predicted molar refractivity (Wildman–Crippen MR) is 58.6 cm³/mol. The van der Waals surface area contributed by atoms with Gasteiger partial charge in [0, 0.05) is 5.69 Å². The van der Waals surface area contributed by atoms with Crippen molar-refractivity contribution in [3.8, 4) is 6.07 Å². The summed E-state index contributed by atoms with van der Waals surface area (Å²) in [4.78, 5) is 4.02. The van der Waals surface area contributed by atoms with Crippen LogP contribution in [0.1, 0.15) is 5.69 Å². The number of halogens is 1. The van der Waals surface area contributed by atoms with E-state index >= 15 is 0 Å². The highest BCUT2D eigenvalue weighted by molar-refractivity contribution is 5.56. The van der Waals surface area contributed by atoms with Crippen LogP contribution in [0.15, 0.2) is 42.5 Å². The Balaban J connectivity index is 2.24. The van der Waals surface area contributed by atoms with E-state index in [0.29, 0.717) is 17.2 Å². The lowest BCUT2D eigenvalue weighted by molar-refractivity contribution is 0.628. The summed E-state index contributed by atoms with van der Waals surface area (Å²) in [6.07, 6.45) is 0. The molecule has 0 saturated heterocycles. The maximum atomic E-state index is 12.9. The zero-order valence-corrected chi connectivity index (χ0v) is 8.31. The van der Waals surface area contributed by atoms with E-state index < -0.39 is 0 Å². The van der Waals surface area contributed by atoms with Gasteiger partial charge in [-0.1, -0.05) is 12.1 Å². The summed E-state index contributed by atoms with van der Waals surface area (Å²) in [7, 11) is 0. The highest BCUT2D eigenvalue weighted by Crippen LogP contribution is 2.15. The molecule has 3 nitrogen and oxygen atoms in total. The Hall–Kier alpha value is -2.41. The van der Waals surface area contributed by atoms with Gasteiger partial charge in [-0.05, 0) is 30.3 Å². The molecule has 0 aliphatic rings. The van der Waals surface area contributed by atoms with Gasteiger partial charge in [0.2, 0.25) is 0 Å². The Morgan fingerprint density at radius 2 is 2.00 bits per heavy atom. The molecule has 1 aromatic carbocycles. The number of nitriles is 1. The van der Waals surface area contributed by atoms with Crippen LogP contribution in [-0.2, 0) is 0 Å². The molecule has 2 rings (SSSR count). The number of hydrogen-bond donors (Lipinski definition) is 1. The zero-order chi connectivity index (χ0) is 11.4. The maximum absolute atomic E-state index is 12.9. The summed E-state index contributed by atoms with van der Waals surface area (Å²) in [5.41, 5.74) is 0.920. The van der Waals surface area contributed by atoms with E-state index in [-0.39, 0.29) is 5.82 Å². The van der Waals surface area contributed by atoms with E-state index in [4.69, 9.17) is 5.26 Å². The minimum atomic E-state index is -0.318. The summed E-state index contributed by atoms with van der Waals surface area (Å²) in [6.45, 7) is 0. The van der Waals surface area contributed by atoms with Gasteiger partial charge in [-0.15, -0.1) is 0 Å². The van der Waals surface area contributed by atoms with E-state index in [9.17, 15) is 4.39 Å². The second-order valence-electron chi connectivity index (χ2n) is 3.16. The number of nitrogens with zero attached hydrogens (tertiary/aromatic N) is 2. The first-order chi connectivity index (χ1) is 7.78. The van der Waals surface area contributed by atoms with Crippen molar-refractivity contribution in [3.63, 3.8) is 0 Å². The molecule has 1 heterocycles. The first-order valence-electron chi connectivity index (χ1n) is 4.68. The second kappa shape index (κ2) is 4.41. The van der Waals surface area contributed by atoms with E-state index in [0.717, 1.165) is 0 Å². The largest absolute Gasteiger partial charge is 0.340 e. The first-order valence-corrected chi connectivity index (χ1v) is 4.68. The normalized spacial score (nSPS) is 9.50. The molecule has 0 spiro atoms. The molecule has 4 heteroatoms. The van der Waals surface area contributed by atoms with Crippen LogP contribution in [0, 0.1) is 17.1 Å². The Kier molecular flexibility index (Phi) is 2.79. The van der Waals surface area contributed by atoms with Gasteiger partial charge in [0.1, 0.15) is 23.4 Å². The van der Waals surface area contributed by atoms with E-state index in [1.54, 1.807) is 30.3 Å². The lowest BCUT2D eigenvalue weighted by atomic mass is 10.3. The first kappa shape index (κ1) is 10.1. The molecule has 0 amide bonds. The quantitative estimate of drug-likeness (QED) is 0.834. The molecule has 0 bridgehead atoms. The van der Waals surface area contributed by atoms with Crippen molar-refractivity contribution in [3.05, 3.63) is 54.0 Å². The van der Waals surface area contributed by atoms with Crippen molar-refractivity contribution in [1.82, 2.24) is 4.98 Å². The predicted octanol–water partition coefficient (Wildman–Crippen LogP) is 2.84. The molecule has 78 valence electrons. The van der Waals surface area contributed by atoms with Crippen LogP contribution in [0.25, 0.3) is 0 Å². The molecule has 0 fully saturated rings. The summed E-state index contributed by atoms with van der Waals surface area (Å²) in [5.74, 6) is 0.200. The van der Waals surface area contributed by atoms with E-state index in [1.807, 2.05) is 6.07 Å². The van der Waals surface area contributed by atoms with Gasteiger partial charge < -0.3 is 5.32 Å². The molecule has 0 unspecified atom stereocenters. The SMILES string of the molecule is N#Cc1cccc(Nc2cccc(F)c2)n1. The summed E-state index contributed by atoms with van der Waals surface area (Å²) >= 11 is 0. The average Bonchev–Trinajstić information content (AvgIpc) is 2.29. The second-order valence-corrected chi connectivity index (χ2v) is 3.16. The molecular weight excluding hydrogens is 205 g/mol. The van der Waals surface area contributed by atoms with Crippen molar-refractivity contribution < 1.29 is 4.39 Å². The lowest BCUT2D eigenvalue weighted by Gasteiger charge is -2.05. The van der Waals surface area contributed by atoms with Crippen LogP contribution in [0.5, 0.6) is 0 Å². The third-order valence-electron chi connectivity index (χ3n) is 1.96. The minimum Gasteiger partial charge on any atom is -0.340 e. The molecule has 1 aromatic heterocycles. The number of rotatable bonds is 2. The monoisotopic (exact) mass is 213 g/mol. The van der Waals surface area contributed by atoms with Gasteiger partial charge in [-0.25, -0.2) is 9.37 Å². The number of pyridine rings is 1. The Morgan fingerprint density at radius 3 is 2.75 bits per heavy atom. The van der Waals surface area contributed by atoms with Crippen molar-refractivity contribution in [1.29, 1.82) is 5.26 Å². The van der Waals surface area contributed by atoms with Crippen LogP contribution >= 0.6 is 0 Å². The smallest absolute Gasteiger partial charge is 0.142 e. The van der Waals surface area contributed by atoms with Gasteiger partial charge >= 0.3 is 0 Å². The fraction of sp³-hybridized carbons (Fsp3) is 0. The van der Waals surface area contributed by atoms with Crippen LogP contribution in [0.3, 0.4) is 0 Å². The molecule has 0 atom stereocenters. The van der Waals surface area contributed by atoms with Gasteiger partial charge in [-0.3, -0.25) is 0 Å². The zero-order valence-electron chi connectivity index (χ0n) is 8.31. The van der Waals surface area contributed by atoms with Crippen molar-refractivity contribution >= 4 is 11.5 Å². The minimum absolute atomic E-state index is 0.318. The third-order valence-corrected chi connectivity index (χ3v) is 1.96. The number of anilines is 2. The van der Waals surface area contributed by atoms with Crippen LogP contribution in [0.4, 0.5) is 15.9 Å². The maximum Gasteiger partial charge on any atom is 0.142 e. The van der Waals surface area contributed by atoms with Crippen LogP contribution in [0.2, 0.25) is 0 Å². The van der Waals surface area contributed by atoms with E-state index in [2.05, 4.69) is 10.3 Å². The molecule has 0 radical (unpaired) electrons. The van der Waals surface area contributed by atoms with Gasteiger partial charge in [-0.2, -0.15) is 5.26 Å². The fourth-order valence-electron chi connectivity index (χ4n) is 1.28. The van der Waals surface area contributed by atoms with Gasteiger partial charge in [0.25, 0.3) is 0 Å². The summed E-state index contributed by atoms with van der Waals surface area (Å²) in [6, 6.07) is 13.0.